The van der Waals surface area contributed by atoms with E-state index in [0.29, 0.717) is 6.54 Å². The van der Waals surface area contributed by atoms with Crippen LogP contribution in [0.2, 0.25) is 0 Å². The normalized spacial score (nSPS) is 21.6. The SMILES string of the molecule is Cc1nnc(CN=C(NCC2CCCO2)N(C)CCC2CCOCC2)n1C. The van der Waals surface area contributed by atoms with Crippen LogP contribution in [0.1, 0.15) is 43.8 Å². The standard InChI is InChI=1S/C19H34N6O2/c1-15-22-23-18(25(15)3)14-21-19(20-13-17-5-4-10-27-17)24(2)9-6-16-7-11-26-12-8-16/h16-17H,4-14H2,1-3H3,(H,20,21). The number of nitrogens with one attached hydrogen (secondary N) is 1. The van der Waals surface area contributed by atoms with Crippen LogP contribution in [0.5, 0.6) is 0 Å². The number of ether oxygens (including phenoxy) is 2. The largest absolute Gasteiger partial charge is 0.381 e. The van der Waals surface area contributed by atoms with Gasteiger partial charge in [0.2, 0.25) is 0 Å². The highest BCUT2D eigenvalue weighted by Gasteiger charge is 2.19. The smallest absolute Gasteiger partial charge is 0.194 e. The summed E-state index contributed by atoms with van der Waals surface area (Å²) in [5.41, 5.74) is 0. The number of nitrogens with zero attached hydrogens (tertiary/aromatic N) is 5. The molecule has 0 aliphatic carbocycles. The van der Waals surface area contributed by atoms with Crippen LogP contribution in [0.25, 0.3) is 0 Å². The molecule has 0 saturated carbocycles. The van der Waals surface area contributed by atoms with E-state index < -0.39 is 0 Å². The Balaban J connectivity index is 1.58. The van der Waals surface area contributed by atoms with Crippen molar-refractivity contribution in [2.75, 3.05) is 40.0 Å². The van der Waals surface area contributed by atoms with E-state index in [1.54, 1.807) is 0 Å². The molecular formula is C19H34N6O2. The van der Waals surface area contributed by atoms with Crippen molar-refractivity contribution < 1.29 is 9.47 Å². The van der Waals surface area contributed by atoms with Gasteiger partial charge in [-0.2, -0.15) is 0 Å². The zero-order valence-corrected chi connectivity index (χ0v) is 17.0. The number of guanidine groups is 1. The highest BCUT2D eigenvalue weighted by molar-refractivity contribution is 5.79. The van der Waals surface area contributed by atoms with Gasteiger partial charge in [-0.05, 0) is 44.9 Å². The molecule has 0 aromatic carbocycles. The van der Waals surface area contributed by atoms with Gasteiger partial charge in [-0.3, -0.25) is 0 Å². The summed E-state index contributed by atoms with van der Waals surface area (Å²) in [5, 5.41) is 11.9. The first-order chi connectivity index (χ1) is 13.1. The molecule has 0 radical (unpaired) electrons. The van der Waals surface area contributed by atoms with Crippen molar-refractivity contribution in [3.05, 3.63) is 11.6 Å². The second kappa shape index (κ2) is 10.0. The Bertz CT molecular complexity index is 605. The maximum atomic E-state index is 5.75. The molecule has 2 aliphatic heterocycles. The van der Waals surface area contributed by atoms with Crippen molar-refractivity contribution in [3.8, 4) is 0 Å². The molecule has 1 unspecified atom stereocenters. The first-order valence-corrected chi connectivity index (χ1v) is 10.2. The van der Waals surface area contributed by atoms with Crippen molar-refractivity contribution in [1.82, 2.24) is 25.0 Å². The third-order valence-corrected chi connectivity index (χ3v) is 5.64. The molecule has 8 nitrogen and oxygen atoms in total. The number of aromatic nitrogens is 3. The van der Waals surface area contributed by atoms with Crippen molar-refractivity contribution in [2.24, 2.45) is 18.0 Å². The van der Waals surface area contributed by atoms with Gasteiger partial charge in [-0.15, -0.1) is 10.2 Å². The number of hydrogen-bond donors (Lipinski definition) is 1. The van der Waals surface area contributed by atoms with E-state index in [0.717, 1.165) is 69.3 Å². The van der Waals surface area contributed by atoms with Gasteiger partial charge in [0, 0.05) is 47.0 Å². The molecule has 1 atom stereocenters. The summed E-state index contributed by atoms with van der Waals surface area (Å²) in [4.78, 5) is 7.05. The van der Waals surface area contributed by atoms with Crippen LogP contribution in [0.15, 0.2) is 4.99 Å². The zero-order chi connectivity index (χ0) is 19.1. The Morgan fingerprint density at radius 2 is 2.07 bits per heavy atom. The Hall–Kier alpha value is -1.67. The van der Waals surface area contributed by atoms with E-state index in [-0.39, 0.29) is 6.10 Å². The maximum absolute atomic E-state index is 5.75. The first kappa shape index (κ1) is 20.1. The minimum absolute atomic E-state index is 0.288. The number of rotatable bonds is 7. The van der Waals surface area contributed by atoms with E-state index in [9.17, 15) is 0 Å². The molecule has 0 amide bonds. The minimum atomic E-state index is 0.288. The molecule has 3 rings (SSSR count). The molecule has 152 valence electrons. The monoisotopic (exact) mass is 378 g/mol. The van der Waals surface area contributed by atoms with Gasteiger partial charge in [0.05, 0.1) is 6.10 Å². The van der Waals surface area contributed by atoms with Gasteiger partial charge < -0.3 is 24.3 Å². The average Bonchev–Trinajstić information content (AvgIpc) is 3.32. The van der Waals surface area contributed by atoms with Crippen molar-refractivity contribution >= 4 is 5.96 Å². The fourth-order valence-electron chi connectivity index (χ4n) is 3.57. The molecule has 1 aromatic rings. The van der Waals surface area contributed by atoms with Gasteiger partial charge in [0.25, 0.3) is 0 Å². The molecule has 0 bridgehead atoms. The molecule has 1 aromatic heterocycles. The average molecular weight is 379 g/mol. The molecule has 2 aliphatic rings. The first-order valence-electron chi connectivity index (χ1n) is 10.2. The summed E-state index contributed by atoms with van der Waals surface area (Å²) in [6.45, 7) is 6.94. The van der Waals surface area contributed by atoms with Crippen LogP contribution in [0.3, 0.4) is 0 Å². The third kappa shape index (κ3) is 5.90. The Morgan fingerprint density at radius 3 is 2.74 bits per heavy atom. The third-order valence-electron chi connectivity index (χ3n) is 5.64. The Morgan fingerprint density at radius 1 is 1.26 bits per heavy atom. The highest BCUT2D eigenvalue weighted by Crippen LogP contribution is 2.18. The van der Waals surface area contributed by atoms with Crippen LogP contribution in [0.4, 0.5) is 0 Å². The quantitative estimate of drug-likeness (QED) is 0.572. The van der Waals surface area contributed by atoms with Gasteiger partial charge in [-0.1, -0.05) is 0 Å². The second-order valence-corrected chi connectivity index (χ2v) is 7.64. The van der Waals surface area contributed by atoms with Gasteiger partial charge in [-0.25, -0.2) is 4.99 Å². The molecule has 27 heavy (non-hydrogen) atoms. The van der Waals surface area contributed by atoms with E-state index in [4.69, 9.17) is 14.5 Å². The van der Waals surface area contributed by atoms with E-state index >= 15 is 0 Å². The van der Waals surface area contributed by atoms with E-state index in [2.05, 4.69) is 27.5 Å². The fraction of sp³-hybridized carbons (Fsp3) is 0.842. The molecule has 3 heterocycles. The summed E-state index contributed by atoms with van der Waals surface area (Å²) in [6.07, 6.45) is 6.06. The number of aliphatic imine (C=N–C) groups is 1. The van der Waals surface area contributed by atoms with Crippen LogP contribution < -0.4 is 5.32 Å². The Kier molecular flexibility index (Phi) is 7.46. The number of hydrogen-bond acceptors (Lipinski definition) is 5. The summed E-state index contributed by atoms with van der Waals surface area (Å²) in [7, 11) is 4.09. The van der Waals surface area contributed by atoms with Gasteiger partial charge in [0.1, 0.15) is 12.4 Å². The maximum Gasteiger partial charge on any atom is 0.194 e. The lowest BCUT2D eigenvalue weighted by atomic mass is 9.96. The molecule has 2 fully saturated rings. The predicted octanol–water partition coefficient (Wildman–Crippen LogP) is 1.50. The molecular weight excluding hydrogens is 344 g/mol. The highest BCUT2D eigenvalue weighted by atomic mass is 16.5. The predicted molar refractivity (Wildman–Crippen MR) is 105 cm³/mol. The zero-order valence-electron chi connectivity index (χ0n) is 17.0. The van der Waals surface area contributed by atoms with Crippen LogP contribution in [-0.2, 0) is 23.1 Å². The van der Waals surface area contributed by atoms with E-state index in [1.807, 2.05) is 18.5 Å². The summed E-state index contributed by atoms with van der Waals surface area (Å²) in [6, 6.07) is 0. The van der Waals surface area contributed by atoms with Crippen molar-refractivity contribution in [3.63, 3.8) is 0 Å². The molecule has 1 N–H and O–H groups in total. The summed E-state index contributed by atoms with van der Waals surface area (Å²) >= 11 is 0. The minimum Gasteiger partial charge on any atom is -0.381 e. The number of aryl methyl sites for hydroxylation is 1. The second-order valence-electron chi connectivity index (χ2n) is 7.64. The summed E-state index contributed by atoms with van der Waals surface area (Å²) < 4.78 is 13.2. The molecule has 8 heteroatoms. The van der Waals surface area contributed by atoms with Crippen LogP contribution >= 0.6 is 0 Å². The van der Waals surface area contributed by atoms with Crippen molar-refractivity contribution in [2.45, 2.75) is 51.7 Å². The summed E-state index contributed by atoms with van der Waals surface area (Å²) in [5.74, 6) is 3.45. The Labute approximate surface area is 162 Å². The molecule has 2 saturated heterocycles. The lowest BCUT2D eigenvalue weighted by Gasteiger charge is -2.27. The molecule has 0 spiro atoms. The van der Waals surface area contributed by atoms with Gasteiger partial charge >= 0.3 is 0 Å². The lowest BCUT2D eigenvalue weighted by molar-refractivity contribution is 0.0625. The van der Waals surface area contributed by atoms with Crippen molar-refractivity contribution in [1.29, 1.82) is 0 Å². The van der Waals surface area contributed by atoms with Gasteiger partial charge in [0.15, 0.2) is 11.8 Å². The lowest BCUT2D eigenvalue weighted by Crippen LogP contribution is -2.43. The fourth-order valence-corrected chi connectivity index (χ4v) is 3.57. The van der Waals surface area contributed by atoms with Crippen LogP contribution in [-0.4, -0.2) is 71.7 Å². The van der Waals surface area contributed by atoms with Crippen LogP contribution in [0, 0.1) is 12.8 Å². The topological polar surface area (TPSA) is 76.8 Å². The van der Waals surface area contributed by atoms with E-state index in [1.165, 1.54) is 19.3 Å².